The van der Waals surface area contributed by atoms with Crippen LogP contribution in [0.1, 0.15) is 65.4 Å². The summed E-state index contributed by atoms with van der Waals surface area (Å²) >= 11 is 0. The Kier molecular flexibility index (Phi) is 8.81. The molecule has 2 fully saturated rings. The molecular weight excluding hydrogens is 806 g/mol. The van der Waals surface area contributed by atoms with Crippen molar-refractivity contribution in [2.75, 3.05) is 31.1 Å². The Balaban J connectivity index is 1.03. The van der Waals surface area contributed by atoms with Crippen molar-refractivity contribution in [2.45, 2.75) is 65.1 Å². The summed E-state index contributed by atoms with van der Waals surface area (Å²) in [6.07, 6.45) is 7.27. The van der Waals surface area contributed by atoms with E-state index in [9.17, 15) is 9.59 Å². The van der Waals surface area contributed by atoms with Crippen LogP contribution in [0, 0.1) is 25.6 Å². The lowest BCUT2D eigenvalue weighted by molar-refractivity contribution is 0.0384. The van der Waals surface area contributed by atoms with Crippen LogP contribution in [-0.2, 0) is 30.3 Å². The number of nitrogens with one attached hydrogen (secondary N) is 1. The van der Waals surface area contributed by atoms with Crippen LogP contribution in [0.15, 0.2) is 87.3 Å². The summed E-state index contributed by atoms with van der Waals surface area (Å²) < 4.78 is 34.7. The summed E-state index contributed by atoms with van der Waals surface area (Å²) in [4.78, 5) is 49.2. The van der Waals surface area contributed by atoms with E-state index < -0.39 is 11.3 Å². The zero-order valence-corrected chi connectivity index (χ0v) is 35.6. The summed E-state index contributed by atoms with van der Waals surface area (Å²) in [6.45, 7) is 10.3. The molecule has 3 aromatic carbocycles. The Morgan fingerprint density at radius 1 is 0.952 bits per heavy atom. The molecule has 7 heterocycles. The van der Waals surface area contributed by atoms with Crippen molar-refractivity contribution in [1.82, 2.24) is 48.3 Å². The van der Waals surface area contributed by atoms with E-state index in [1.165, 1.54) is 0 Å². The maximum absolute atomic E-state index is 15.3. The summed E-state index contributed by atoms with van der Waals surface area (Å²) in [7, 11) is 1.87. The molecule has 16 nitrogen and oxygen atoms in total. The molecule has 322 valence electrons. The number of aromatic nitrogens is 9. The Labute approximate surface area is 359 Å². The number of nitrogens with zero attached hydrogens (tertiary/aromatic N) is 10. The molecule has 0 radical (unpaired) electrons. The van der Waals surface area contributed by atoms with Gasteiger partial charge in [0, 0.05) is 73.0 Å². The first-order chi connectivity index (χ1) is 30.4. The predicted molar refractivity (Wildman–Crippen MR) is 233 cm³/mol. The summed E-state index contributed by atoms with van der Waals surface area (Å²) in [6, 6.07) is 17.4. The minimum Gasteiger partial charge on any atom is -0.375 e. The SMILES string of the molecule is CC[C@H]1CN(c2ccc3c(c2)cc(C(=O)N2CCc4nn(-c5cc(C)c(F)c(C)c5)c(-n5ccn(-c6ccc7c(cnn7C)c6)c5=O)c4C2)n3[C@@]2(c3noc(=O)[nH]3)C[C@@H]2C)CCO1. The second kappa shape index (κ2) is 14.3. The lowest BCUT2D eigenvalue weighted by Crippen LogP contribution is -2.42. The van der Waals surface area contributed by atoms with Crippen molar-refractivity contribution in [2.24, 2.45) is 13.0 Å². The number of aryl methyl sites for hydroxylation is 3. The molecule has 1 N–H and O–H groups in total. The average molecular weight is 852 g/mol. The number of fused-ring (bicyclic) bond motifs is 3. The molecule has 8 aromatic rings. The van der Waals surface area contributed by atoms with Gasteiger partial charge in [-0.25, -0.2) is 18.7 Å². The molecule has 1 aliphatic carbocycles. The number of aromatic amines is 1. The number of anilines is 1. The van der Waals surface area contributed by atoms with Gasteiger partial charge in [-0.3, -0.25) is 28.1 Å². The second-order valence-corrected chi connectivity index (χ2v) is 17.3. The third-order valence-electron chi connectivity index (χ3n) is 13.5. The molecule has 5 aromatic heterocycles. The minimum absolute atomic E-state index is 0.0276. The van der Waals surface area contributed by atoms with E-state index in [0.717, 1.165) is 52.7 Å². The number of rotatable bonds is 8. The molecule has 1 saturated carbocycles. The van der Waals surface area contributed by atoms with Crippen LogP contribution in [0.4, 0.5) is 10.1 Å². The Morgan fingerprint density at radius 2 is 1.70 bits per heavy atom. The number of amides is 1. The fourth-order valence-corrected chi connectivity index (χ4v) is 9.96. The summed E-state index contributed by atoms with van der Waals surface area (Å²) in [5.74, 6) is -0.322. The molecule has 11 rings (SSSR count). The first-order valence-corrected chi connectivity index (χ1v) is 21.4. The number of H-pyrrole nitrogens is 1. The zero-order valence-electron chi connectivity index (χ0n) is 35.6. The molecule has 0 bridgehead atoms. The van der Waals surface area contributed by atoms with Crippen LogP contribution in [0.3, 0.4) is 0 Å². The van der Waals surface area contributed by atoms with E-state index in [0.29, 0.717) is 71.4 Å². The van der Waals surface area contributed by atoms with Crippen LogP contribution < -0.4 is 16.3 Å². The first kappa shape index (κ1) is 38.9. The molecule has 17 heteroatoms. The number of carbonyl (C=O) groups excluding carboxylic acids is 1. The highest BCUT2D eigenvalue weighted by Gasteiger charge is 2.59. The lowest BCUT2D eigenvalue weighted by atomic mass is 10.1. The van der Waals surface area contributed by atoms with Gasteiger partial charge >= 0.3 is 11.4 Å². The fourth-order valence-electron chi connectivity index (χ4n) is 9.96. The van der Waals surface area contributed by atoms with Gasteiger partial charge in [-0.2, -0.15) is 10.2 Å². The summed E-state index contributed by atoms with van der Waals surface area (Å²) in [5.41, 5.74) is 5.68. The molecule has 3 aliphatic rings. The maximum atomic E-state index is 15.3. The number of hydrogen-bond acceptors (Lipinski definition) is 9. The van der Waals surface area contributed by atoms with Crippen LogP contribution in [-0.4, -0.2) is 86.6 Å². The largest absolute Gasteiger partial charge is 0.438 e. The highest BCUT2D eigenvalue weighted by molar-refractivity contribution is 6.00. The number of imidazole rings is 1. The maximum Gasteiger partial charge on any atom is 0.438 e. The van der Waals surface area contributed by atoms with Gasteiger partial charge in [0.1, 0.15) is 22.9 Å². The molecule has 63 heavy (non-hydrogen) atoms. The summed E-state index contributed by atoms with van der Waals surface area (Å²) in [5, 5.41) is 15.4. The number of benzene rings is 3. The molecule has 0 unspecified atom stereocenters. The van der Waals surface area contributed by atoms with E-state index in [4.69, 9.17) is 14.4 Å². The molecule has 2 aliphatic heterocycles. The van der Waals surface area contributed by atoms with Crippen molar-refractivity contribution < 1.29 is 18.4 Å². The third kappa shape index (κ3) is 6.03. The van der Waals surface area contributed by atoms with Gasteiger partial charge in [-0.05, 0) is 98.3 Å². The minimum atomic E-state index is -0.822. The standard InChI is InChI=1S/C46H46FN11O5/c1-6-34-24-53(15-16-62-34)31-7-10-38-29(19-31)21-39(57(38)46(22-28(46)4)43-49-44(60)63-51-43)42(59)54-12-11-36-35(25-54)41(58(50-36)33-17-26(2)40(47)27(3)18-33)56-14-13-55(45(56)61)32-8-9-37-30(20-32)23-48-52(37)5/h7-10,13-14,17-21,23,28,34H,6,11-12,15-16,22,24-25H2,1-5H3,(H,49,51,60)/t28-,34-,46-/m0/s1. The van der Waals surface area contributed by atoms with Crippen LogP contribution in [0.25, 0.3) is 39.0 Å². The highest BCUT2D eigenvalue weighted by Crippen LogP contribution is 2.56. The van der Waals surface area contributed by atoms with Crippen molar-refractivity contribution >= 4 is 33.4 Å². The topological polar surface area (TPSA) is 159 Å². The molecule has 0 spiro atoms. The van der Waals surface area contributed by atoms with Crippen LogP contribution >= 0.6 is 0 Å². The van der Waals surface area contributed by atoms with Crippen molar-refractivity contribution in [3.63, 3.8) is 0 Å². The highest BCUT2D eigenvalue weighted by atomic mass is 19.1. The van der Waals surface area contributed by atoms with Crippen LogP contribution in [0.5, 0.6) is 0 Å². The average Bonchev–Trinajstić information content (AvgIpc) is 3.91. The van der Waals surface area contributed by atoms with E-state index in [1.54, 1.807) is 68.0 Å². The van der Waals surface area contributed by atoms with Crippen LogP contribution in [0.2, 0.25) is 0 Å². The Bertz CT molecular complexity index is 3250. The number of hydrogen-bond donors (Lipinski definition) is 1. The molecule has 3 atom stereocenters. The van der Waals surface area contributed by atoms with Gasteiger partial charge in [0.25, 0.3) is 5.91 Å². The number of halogens is 1. The quantitative estimate of drug-likeness (QED) is 0.203. The Hall–Kier alpha value is -7.01. The van der Waals surface area contributed by atoms with Gasteiger partial charge in [0.05, 0.1) is 48.0 Å². The van der Waals surface area contributed by atoms with Crippen molar-refractivity contribution in [1.29, 1.82) is 0 Å². The van der Waals surface area contributed by atoms with Gasteiger partial charge in [0.15, 0.2) is 5.82 Å². The van der Waals surface area contributed by atoms with Crippen molar-refractivity contribution in [3.05, 3.63) is 134 Å². The normalized spacial score (nSPS) is 20.0. The molecular formula is C46H46FN11O5. The zero-order chi connectivity index (χ0) is 43.5. The monoisotopic (exact) mass is 851 g/mol. The lowest BCUT2D eigenvalue weighted by Gasteiger charge is -2.34. The third-order valence-corrected chi connectivity index (χ3v) is 13.5. The van der Waals surface area contributed by atoms with Gasteiger partial charge < -0.3 is 19.1 Å². The molecule has 1 amide bonds. The van der Waals surface area contributed by atoms with Gasteiger partial charge in [0.2, 0.25) is 0 Å². The van der Waals surface area contributed by atoms with E-state index in [-0.39, 0.29) is 36.0 Å². The fraction of sp³-hybridized carbons (Fsp3) is 0.348. The van der Waals surface area contributed by atoms with E-state index >= 15 is 9.18 Å². The number of carbonyl (C=O) groups is 1. The van der Waals surface area contributed by atoms with Gasteiger partial charge in [-0.15, -0.1) is 0 Å². The van der Waals surface area contributed by atoms with E-state index in [1.807, 2.05) is 35.9 Å². The molecule has 1 saturated heterocycles. The van der Waals surface area contributed by atoms with Crippen molar-refractivity contribution in [3.8, 4) is 17.2 Å². The van der Waals surface area contributed by atoms with Gasteiger partial charge in [-0.1, -0.05) is 19.0 Å². The first-order valence-electron chi connectivity index (χ1n) is 21.4. The second-order valence-electron chi connectivity index (χ2n) is 17.3. The predicted octanol–water partition coefficient (Wildman–Crippen LogP) is 5.68. The Morgan fingerprint density at radius 3 is 2.44 bits per heavy atom. The van der Waals surface area contributed by atoms with E-state index in [2.05, 4.69) is 52.2 Å². The number of ether oxygens (including phenoxy) is 1. The smallest absolute Gasteiger partial charge is 0.375 e. The number of morpholine rings is 1.